The average Bonchev–Trinajstić information content (AvgIpc) is 3.36. The number of aromatic nitrogens is 3. The predicted octanol–water partition coefficient (Wildman–Crippen LogP) is 2.77. The molecular weight excluding hydrogens is 391 g/mol. The summed E-state index contributed by atoms with van der Waals surface area (Å²) in [7, 11) is 1.62. The van der Waals surface area contributed by atoms with Crippen molar-refractivity contribution in [1.82, 2.24) is 14.3 Å². The van der Waals surface area contributed by atoms with Crippen molar-refractivity contribution >= 4 is 12.2 Å². The standard InChI is InChI=1S/C21H23FN4O2S/c1-27-16-8-10-17(11-9-16)28-14-20-23-25(15-24-12-4-5-13-24)21(29)26(20)19-7-3-2-6-18(19)22/h2-3,6-11H,4-5,12-15H2,1H3/p+1. The summed E-state index contributed by atoms with van der Waals surface area (Å²) in [6, 6.07) is 13.9. The van der Waals surface area contributed by atoms with Crippen molar-refractivity contribution in [2.75, 3.05) is 20.2 Å². The molecule has 0 aliphatic carbocycles. The lowest BCUT2D eigenvalue weighted by molar-refractivity contribution is -0.911. The summed E-state index contributed by atoms with van der Waals surface area (Å²) in [5.74, 6) is 1.65. The van der Waals surface area contributed by atoms with Crippen LogP contribution in [-0.4, -0.2) is 34.5 Å². The van der Waals surface area contributed by atoms with Crippen molar-refractivity contribution in [2.24, 2.45) is 0 Å². The number of halogens is 1. The van der Waals surface area contributed by atoms with E-state index in [9.17, 15) is 4.39 Å². The van der Waals surface area contributed by atoms with E-state index in [0.29, 0.717) is 28.7 Å². The Labute approximate surface area is 174 Å². The van der Waals surface area contributed by atoms with Crippen molar-refractivity contribution in [3.63, 3.8) is 0 Å². The van der Waals surface area contributed by atoms with Gasteiger partial charge in [-0.25, -0.2) is 4.39 Å². The molecule has 0 radical (unpaired) electrons. The lowest BCUT2D eigenvalue weighted by atomic mass is 10.3. The molecule has 0 amide bonds. The van der Waals surface area contributed by atoms with Gasteiger partial charge in [0.15, 0.2) is 12.5 Å². The first kappa shape index (κ1) is 19.6. The first-order valence-corrected chi connectivity index (χ1v) is 10.1. The highest BCUT2D eigenvalue weighted by molar-refractivity contribution is 7.71. The van der Waals surface area contributed by atoms with Crippen LogP contribution in [0.4, 0.5) is 4.39 Å². The van der Waals surface area contributed by atoms with Crippen molar-refractivity contribution in [3.05, 3.63) is 64.9 Å². The number of hydrogen-bond donors (Lipinski definition) is 1. The minimum absolute atomic E-state index is 0.173. The number of ether oxygens (including phenoxy) is 2. The summed E-state index contributed by atoms with van der Waals surface area (Å²) in [4.78, 5) is 1.43. The number of benzene rings is 2. The van der Waals surface area contributed by atoms with Gasteiger partial charge in [0.05, 0.1) is 25.9 Å². The van der Waals surface area contributed by atoms with Crippen molar-refractivity contribution in [3.8, 4) is 17.2 Å². The third-order valence-corrected chi connectivity index (χ3v) is 5.50. The minimum atomic E-state index is -0.345. The molecule has 1 aliphatic rings. The average molecular weight is 416 g/mol. The van der Waals surface area contributed by atoms with Crippen LogP contribution in [0, 0.1) is 10.6 Å². The van der Waals surface area contributed by atoms with Gasteiger partial charge < -0.3 is 14.4 Å². The van der Waals surface area contributed by atoms with Gasteiger partial charge in [-0.15, -0.1) is 5.10 Å². The molecule has 1 aromatic heterocycles. The van der Waals surface area contributed by atoms with Crippen LogP contribution in [0.15, 0.2) is 48.5 Å². The monoisotopic (exact) mass is 415 g/mol. The molecular formula is C21H24FN4O2S+. The maximum atomic E-state index is 14.5. The fourth-order valence-corrected chi connectivity index (χ4v) is 3.90. The van der Waals surface area contributed by atoms with Crippen LogP contribution in [0.5, 0.6) is 11.5 Å². The van der Waals surface area contributed by atoms with Gasteiger partial charge in [-0.1, -0.05) is 12.1 Å². The number of likely N-dealkylation sites (tertiary alicyclic amines) is 1. The second kappa shape index (κ2) is 8.75. The van der Waals surface area contributed by atoms with Gasteiger partial charge in [0, 0.05) is 12.8 Å². The molecule has 0 atom stereocenters. The highest BCUT2D eigenvalue weighted by Gasteiger charge is 2.21. The van der Waals surface area contributed by atoms with Gasteiger partial charge in [-0.2, -0.15) is 4.68 Å². The molecule has 1 N–H and O–H groups in total. The molecule has 8 heteroatoms. The van der Waals surface area contributed by atoms with Gasteiger partial charge in [-0.3, -0.25) is 4.57 Å². The van der Waals surface area contributed by atoms with Gasteiger partial charge >= 0.3 is 0 Å². The molecule has 29 heavy (non-hydrogen) atoms. The summed E-state index contributed by atoms with van der Waals surface area (Å²) in [6.45, 7) is 3.06. The van der Waals surface area contributed by atoms with E-state index in [4.69, 9.17) is 21.7 Å². The Morgan fingerprint density at radius 3 is 2.45 bits per heavy atom. The number of para-hydroxylation sites is 1. The molecule has 3 aromatic rings. The molecule has 0 unspecified atom stereocenters. The molecule has 6 nitrogen and oxygen atoms in total. The lowest BCUT2D eigenvalue weighted by Gasteiger charge is -2.11. The second-order valence-corrected chi connectivity index (χ2v) is 7.43. The zero-order chi connectivity index (χ0) is 20.2. The van der Waals surface area contributed by atoms with Crippen LogP contribution in [0.2, 0.25) is 0 Å². The Morgan fingerprint density at radius 2 is 1.76 bits per heavy atom. The van der Waals surface area contributed by atoms with Crippen molar-refractivity contribution in [1.29, 1.82) is 0 Å². The summed E-state index contributed by atoms with van der Waals surface area (Å²) in [5, 5.41) is 4.68. The van der Waals surface area contributed by atoms with E-state index in [2.05, 4.69) is 5.10 Å². The van der Waals surface area contributed by atoms with Crippen LogP contribution in [0.3, 0.4) is 0 Å². The third kappa shape index (κ3) is 4.33. The van der Waals surface area contributed by atoms with Crippen LogP contribution in [0.25, 0.3) is 5.69 Å². The molecule has 0 spiro atoms. The van der Waals surface area contributed by atoms with Crippen molar-refractivity contribution in [2.45, 2.75) is 26.1 Å². The SMILES string of the molecule is COc1ccc(OCc2nn(C[NH+]3CCCC3)c(=S)n2-c2ccccc2F)cc1. The zero-order valence-corrected chi connectivity index (χ0v) is 17.1. The lowest BCUT2D eigenvalue weighted by Crippen LogP contribution is -3.09. The topological polar surface area (TPSA) is 45.6 Å². The fraction of sp³-hybridized carbons (Fsp3) is 0.333. The van der Waals surface area contributed by atoms with E-state index in [-0.39, 0.29) is 12.4 Å². The Hall–Kier alpha value is -2.71. The predicted molar refractivity (Wildman–Crippen MR) is 110 cm³/mol. The van der Waals surface area contributed by atoms with E-state index in [0.717, 1.165) is 18.8 Å². The zero-order valence-electron chi connectivity index (χ0n) is 16.3. The number of nitrogens with one attached hydrogen (secondary N) is 1. The molecule has 4 rings (SSSR count). The molecule has 1 fully saturated rings. The molecule has 2 heterocycles. The fourth-order valence-electron chi connectivity index (χ4n) is 3.59. The Bertz CT molecular complexity index is 1030. The number of nitrogens with zero attached hydrogens (tertiary/aromatic N) is 3. The normalized spacial score (nSPS) is 14.3. The van der Waals surface area contributed by atoms with Crippen molar-refractivity contribution < 1.29 is 18.8 Å². The van der Waals surface area contributed by atoms with E-state index in [1.807, 2.05) is 24.3 Å². The summed E-state index contributed by atoms with van der Waals surface area (Å²) < 4.78 is 29.5. The van der Waals surface area contributed by atoms with Gasteiger partial charge in [0.25, 0.3) is 0 Å². The first-order valence-electron chi connectivity index (χ1n) is 9.70. The molecule has 152 valence electrons. The maximum Gasteiger partial charge on any atom is 0.207 e. The van der Waals surface area contributed by atoms with Crippen LogP contribution >= 0.6 is 12.2 Å². The Morgan fingerprint density at radius 1 is 1.07 bits per heavy atom. The van der Waals surface area contributed by atoms with E-state index in [1.165, 1.54) is 23.8 Å². The van der Waals surface area contributed by atoms with Crippen LogP contribution in [-0.2, 0) is 13.3 Å². The molecule has 0 bridgehead atoms. The highest BCUT2D eigenvalue weighted by atomic mass is 32.1. The second-order valence-electron chi connectivity index (χ2n) is 7.06. The summed E-state index contributed by atoms with van der Waals surface area (Å²) in [5.41, 5.74) is 0.383. The minimum Gasteiger partial charge on any atom is -0.497 e. The smallest absolute Gasteiger partial charge is 0.207 e. The van der Waals surface area contributed by atoms with E-state index < -0.39 is 0 Å². The third-order valence-electron chi connectivity index (χ3n) is 5.11. The maximum absolute atomic E-state index is 14.5. The van der Waals surface area contributed by atoms with E-state index in [1.54, 1.807) is 34.6 Å². The number of hydrogen-bond acceptors (Lipinski definition) is 4. The van der Waals surface area contributed by atoms with Gasteiger partial charge in [0.1, 0.15) is 23.9 Å². The number of methoxy groups -OCH3 is 1. The van der Waals surface area contributed by atoms with E-state index >= 15 is 0 Å². The number of quaternary nitrogens is 1. The van der Waals surface area contributed by atoms with Gasteiger partial charge in [-0.05, 0) is 48.6 Å². The Balaban J connectivity index is 1.64. The quantitative estimate of drug-likeness (QED) is 0.603. The van der Waals surface area contributed by atoms with Crippen LogP contribution < -0.4 is 14.4 Å². The highest BCUT2D eigenvalue weighted by Crippen LogP contribution is 2.20. The summed E-state index contributed by atoms with van der Waals surface area (Å²) in [6.07, 6.45) is 2.42. The number of rotatable bonds is 7. The molecule has 1 aliphatic heterocycles. The molecule has 2 aromatic carbocycles. The largest absolute Gasteiger partial charge is 0.497 e. The Kier molecular flexibility index (Phi) is 5.92. The van der Waals surface area contributed by atoms with Crippen LogP contribution in [0.1, 0.15) is 18.7 Å². The van der Waals surface area contributed by atoms with Gasteiger partial charge in [0.2, 0.25) is 4.77 Å². The first-order chi connectivity index (χ1) is 14.2. The summed E-state index contributed by atoms with van der Waals surface area (Å²) >= 11 is 5.66. The molecule has 1 saturated heterocycles. The molecule has 0 saturated carbocycles.